The highest BCUT2D eigenvalue weighted by Crippen LogP contribution is 2.44. The number of halogens is 2. The van der Waals surface area contributed by atoms with Gasteiger partial charge in [0, 0.05) is 32.2 Å². The molecule has 5 rings (SSSR count). The number of hydrogen-bond donors (Lipinski definition) is 0. The second-order valence-electron chi connectivity index (χ2n) is 7.60. The van der Waals surface area contributed by atoms with Gasteiger partial charge in [-0.2, -0.15) is 0 Å². The van der Waals surface area contributed by atoms with E-state index in [1.807, 2.05) is 6.07 Å². The first-order valence-corrected chi connectivity index (χ1v) is 9.14. The highest BCUT2D eigenvalue weighted by molar-refractivity contribution is 5.85. The Morgan fingerprint density at radius 1 is 0.926 bits per heavy atom. The first kappa shape index (κ1) is 20.3. The van der Waals surface area contributed by atoms with E-state index in [0.29, 0.717) is 12.8 Å². The topological polar surface area (TPSA) is 24.9 Å². The second-order valence-corrected chi connectivity index (χ2v) is 7.60. The number of rotatable bonds is 3. The lowest BCUT2D eigenvalue weighted by molar-refractivity contribution is 0.174. The van der Waals surface area contributed by atoms with Crippen LogP contribution in [-0.2, 0) is 6.54 Å². The summed E-state index contributed by atoms with van der Waals surface area (Å²) in [6, 6.07) is 17.9. The molecule has 0 bridgehead atoms. The summed E-state index contributed by atoms with van der Waals surface area (Å²) < 4.78 is 10.9. The summed E-state index contributed by atoms with van der Waals surface area (Å²) in [6.45, 7) is 4.89. The number of ether oxygens (including phenoxy) is 2. The van der Waals surface area contributed by atoms with Gasteiger partial charge in [-0.15, -0.1) is 24.8 Å². The molecule has 0 radical (unpaired) electrons. The van der Waals surface area contributed by atoms with E-state index in [-0.39, 0.29) is 24.8 Å². The summed E-state index contributed by atoms with van der Waals surface area (Å²) in [5.41, 5.74) is 2.77. The van der Waals surface area contributed by atoms with Crippen LogP contribution in [0.1, 0.15) is 17.2 Å². The minimum Gasteiger partial charge on any atom is -0.454 e. The van der Waals surface area contributed by atoms with Crippen molar-refractivity contribution in [1.82, 2.24) is 9.80 Å². The zero-order valence-electron chi connectivity index (χ0n) is 15.4. The van der Waals surface area contributed by atoms with E-state index >= 15 is 0 Å². The molecular formula is C21H26Cl2N2O2. The largest absolute Gasteiger partial charge is 0.454 e. The first-order chi connectivity index (χ1) is 12.3. The minimum absolute atomic E-state index is 0. The van der Waals surface area contributed by atoms with Gasteiger partial charge in [0.1, 0.15) is 0 Å². The second kappa shape index (κ2) is 8.27. The Hall–Kier alpha value is -1.46. The fourth-order valence-corrected chi connectivity index (χ4v) is 4.93. The van der Waals surface area contributed by atoms with E-state index in [1.165, 1.54) is 30.8 Å². The van der Waals surface area contributed by atoms with Crippen LogP contribution in [-0.4, -0.2) is 43.3 Å². The maximum atomic E-state index is 5.52. The van der Waals surface area contributed by atoms with Gasteiger partial charge in [-0.1, -0.05) is 36.4 Å². The summed E-state index contributed by atoms with van der Waals surface area (Å²) >= 11 is 0. The molecule has 6 heteroatoms. The number of nitrogens with zero attached hydrogens (tertiary/aromatic N) is 2. The van der Waals surface area contributed by atoms with E-state index in [4.69, 9.17) is 9.47 Å². The van der Waals surface area contributed by atoms with Crippen molar-refractivity contribution in [1.29, 1.82) is 0 Å². The Morgan fingerprint density at radius 3 is 2.52 bits per heavy atom. The van der Waals surface area contributed by atoms with Crippen LogP contribution in [0.3, 0.4) is 0 Å². The molecule has 3 aliphatic rings. The predicted molar refractivity (Wildman–Crippen MR) is 111 cm³/mol. The molecule has 2 aromatic carbocycles. The van der Waals surface area contributed by atoms with E-state index in [0.717, 1.165) is 29.9 Å². The third-order valence-electron chi connectivity index (χ3n) is 5.95. The van der Waals surface area contributed by atoms with Crippen LogP contribution >= 0.6 is 24.8 Å². The molecule has 146 valence electrons. The smallest absolute Gasteiger partial charge is 0.231 e. The van der Waals surface area contributed by atoms with Crippen molar-refractivity contribution in [3.63, 3.8) is 0 Å². The average molecular weight is 409 g/mol. The molecule has 0 saturated carbocycles. The van der Waals surface area contributed by atoms with Gasteiger partial charge in [0.25, 0.3) is 0 Å². The maximum absolute atomic E-state index is 5.52. The Labute approximate surface area is 173 Å². The van der Waals surface area contributed by atoms with Crippen molar-refractivity contribution in [2.45, 2.75) is 12.6 Å². The summed E-state index contributed by atoms with van der Waals surface area (Å²) in [5, 5.41) is 0. The highest BCUT2D eigenvalue weighted by atomic mass is 35.5. The van der Waals surface area contributed by atoms with Crippen LogP contribution in [0, 0.1) is 11.8 Å². The third kappa shape index (κ3) is 3.77. The summed E-state index contributed by atoms with van der Waals surface area (Å²) in [6.07, 6.45) is 0. The van der Waals surface area contributed by atoms with Crippen LogP contribution in [0.2, 0.25) is 0 Å². The van der Waals surface area contributed by atoms with E-state index < -0.39 is 0 Å². The molecule has 0 amide bonds. The Bertz CT molecular complexity index is 774. The van der Waals surface area contributed by atoms with Gasteiger partial charge in [0.2, 0.25) is 6.79 Å². The fourth-order valence-electron chi connectivity index (χ4n) is 4.93. The van der Waals surface area contributed by atoms with Crippen LogP contribution in [0.4, 0.5) is 0 Å². The molecule has 0 aromatic heterocycles. The highest BCUT2D eigenvalue weighted by Gasteiger charge is 2.45. The van der Waals surface area contributed by atoms with Gasteiger partial charge in [-0.05, 0) is 42.1 Å². The number of likely N-dealkylation sites (tertiary alicyclic amines) is 2. The van der Waals surface area contributed by atoms with Gasteiger partial charge in [-0.3, -0.25) is 9.80 Å². The normalized spacial score (nSPS) is 26.3. The molecule has 3 heterocycles. The first-order valence-electron chi connectivity index (χ1n) is 9.14. The van der Waals surface area contributed by atoms with Crippen LogP contribution in [0.25, 0.3) is 0 Å². The van der Waals surface area contributed by atoms with Crippen LogP contribution in [0.15, 0.2) is 48.5 Å². The Balaban J connectivity index is 0.00000105. The summed E-state index contributed by atoms with van der Waals surface area (Å²) in [5.74, 6) is 3.25. The molecule has 2 saturated heterocycles. The van der Waals surface area contributed by atoms with Gasteiger partial charge in [0.15, 0.2) is 11.5 Å². The van der Waals surface area contributed by atoms with E-state index in [9.17, 15) is 0 Å². The molecule has 3 aliphatic heterocycles. The summed E-state index contributed by atoms with van der Waals surface area (Å²) in [4.78, 5) is 5.15. The Kier molecular flexibility index (Phi) is 6.21. The number of hydrogen-bond acceptors (Lipinski definition) is 4. The fraction of sp³-hybridized carbons (Fsp3) is 0.429. The molecule has 4 nitrogen and oxygen atoms in total. The van der Waals surface area contributed by atoms with Gasteiger partial charge in [0.05, 0.1) is 0 Å². The van der Waals surface area contributed by atoms with E-state index in [2.05, 4.69) is 59.3 Å². The molecule has 3 atom stereocenters. The quantitative estimate of drug-likeness (QED) is 0.766. The molecule has 0 aliphatic carbocycles. The number of fused-ring (bicyclic) bond motifs is 2. The molecule has 2 aromatic rings. The van der Waals surface area contributed by atoms with Crippen LogP contribution in [0.5, 0.6) is 11.5 Å². The van der Waals surface area contributed by atoms with Crippen molar-refractivity contribution in [2.24, 2.45) is 11.8 Å². The molecule has 0 N–H and O–H groups in total. The molecule has 2 fully saturated rings. The van der Waals surface area contributed by atoms with Crippen molar-refractivity contribution in [3.8, 4) is 11.5 Å². The predicted octanol–water partition coefficient (Wildman–Crippen LogP) is 3.99. The monoisotopic (exact) mass is 408 g/mol. The lowest BCUT2D eigenvalue weighted by atomic mass is 9.90. The van der Waals surface area contributed by atoms with Crippen molar-refractivity contribution in [2.75, 3.05) is 33.5 Å². The third-order valence-corrected chi connectivity index (χ3v) is 5.95. The van der Waals surface area contributed by atoms with Crippen molar-refractivity contribution >= 4 is 24.8 Å². The standard InChI is InChI=1S/C21H24N2O2.2ClH/c1-22-11-17-12-23(10-15-7-8-19-20(9-15)25-14-24-19)13-18(17)21(22)16-5-3-2-4-6-16;;/h2-9,17-18,21H,10-14H2,1H3;2*1H/t17-,18+,21-;;/m0../s1. The summed E-state index contributed by atoms with van der Waals surface area (Å²) in [7, 11) is 2.28. The Morgan fingerprint density at radius 2 is 1.70 bits per heavy atom. The molecular weight excluding hydrogens is 383 g/mol. The lowest BCUT2D eigenvalue weighted by Crippen LogP contribution is -2.28. The molecule has 0 spiro atoms. The molecule has 27 heavy (non-hydrogen) atoms. The molecule has 0 unspecified atom stereocenters. The number of benzene rings is 2. The van der Waals surface area contributed by atoms with Gasteiger partial charge < -0.3 is 9.47 Å². The lowest BCUT2D eigenvalue weighted by Gasteiger charge is -2.27. The van der Waals surface area contributed by atoms with E-state index in [1.54, 1.807) is 0 Å². The SMILES string of the molecule is CN1C[C@H]2CN(Cc3ccc4c(c3)OCO4)C[C@H]2[C@@H]1c1ccccc1.Cl.Cl. The van der Waals surface area contributed by atoms with Crippen molar-refractivity contribution in [3.05, 3.63) is 59.7 Å². The zero-order valence-corrected chi connectivity index (χ0v) is 17.0. The average Bonchev–Trinajstić information content (AvgIpc) is 3.29. The maximum Gasteiger partial charge on any atom is 0.231 e. The van der Waals surface area contributed by atoms with Crippen LogP contribution < -0.4 is 9.47 Å². The van der Waals surface area contributed by atoms with Crippen molar-refractivity contribution < 1.29 is 9.47 Å². The van der Waals surface area contributed by atoms with Gasteiger partial charge in [-0.25, -0.2) is 0 Å². The zero-order chi connectivity index (χ0) is 16.8. The minimum atomic E-state index is 0. The van der Waals surface area contributed by atoms with Gasteiger partial charge >= 0.3 is 0 Å².